The molecule has 47 heavy (non-hydrogen) atoms. The number of rotatable bonds is 15. The van der Waals surface area contributed by atoms with E-state index in [-0.39, 0.29) is 18.6 Å². The van der Waals surface area contributed by atoms with Crippen molar-refractivity contribution in [3.8, 4) is 0 Å². The molecule has 9 nitrogen and oxygen atoms in total. The third-order valence-corrected chi connectivity index (χ3v) is 7.84. The molecule has 0 spiro atoms. The molecule has 248 valence electrons. The second-order valence-corrected chi connectivity index (χ2v) is 11.5. The quantitative estimate of drug-likeness (QED) is 0.0883. The van der Waals surface area contributed by atoms with Crippen LogP contribution in [0.1, 0.15) is 51.8 Å². The van der Waals surface area contributed by atoms with Gasteiger partial charge < -0.3 is 30.4 Å². The van der Waals surface area contributed by atoms with Gasteiger partial charge in [0.15, 0.2) is 6.10 Å². The molecule has 2 aromatic heterocycles. The fourth-order valence-electron chi connectivity index (χ4n) is 5.51. The number of aromatic amines is 1. The van der Waals surface area contributed by atoms with Crippen LogP contribution in [0, 0.1) is 0 Å². The number of nitrogens with zero attached hydrogens (tertiary/aromatic N) is 3. The molecule has 0 radical (unpaired) electrons. The number of nitrogens with one attached hydrogen (secondary N) is 2. The lowest BCUT2D eigenvalue weighted by Crippen LogP contribution is -2.24. The van der Waals surface area contributed by atoms with Gasteiger partial charge in [0, 0.05) is 23.9 Å². The SMILES string of the molecule is COC(=O)c1ccc2c(c1)[nH]c1nc(Cc3cccc(C(OCc4ccccc4)C(F)(F)F)c3)nc(NCCCN(C)CCCN)c12. The lowest BCUT2D eigenvalue weighted by molar-refractivity contribution is -0.227. The molecule has 1 atom stereocenters. The molecule has 5 rings (SSSR count). The smallest absolute Gasteiger partial charge is 0.418 e. The van der Waals surface area contributed by atoms with E-state index in [0.717, 1.165) is 36.7 Å². The molecule has 0 saturated carbocycles. The molecule has 12 heteroatoms. The molecule has 0 bridgehead atoms. The fourth-order valence-corrected chi connectivity index (χ4v) is 5.51. The van der Waals surface area contributed by atoms with E-state index in [0.29, 0.717) is 52.6 Å². The number of hydrogen-bond acceptors (Lipinski definition) is 8. The number of hydrogen-bond donors (Lipinski definition) is 3. The molecule has 1 unspecified atom stereocenters. The summed E-state index contributed by atoms with van der Waals surface area (Å²) in [5.41, 5.74) is 8.52. The average molecular weight is 649 g/mol. The number of carbonyl (C=O) groups is 1. The van der Waals surface area contributed by atoms with Crippen LogP contribution in [0.5, 0.6) is 0 Å². The van der Waals surface area contributed by atoms with E-state index in [1.54, 1.807) is 54.6 Å². The normalized spacial score (nSPS) is 12.6. The van der Waals surface area contributed by atoms with Gasteiger partial charge in [-0.05, 0) is 68.3 Å². The van der Waals surface area contributed by atoms with Gasteiger partial charge in [-0.1, -0.05) is 60.7 Å². The summed E-state index contributed by atoms with van der Waals surface area (Å²) in [5.74, 6) is 0.562. The maximum atomic E-state index is 14.2. The molecule has 0 amide bonds. The number of aromatic nitrogens is 3. The van der Waals surface area contributed by atoms with Crippen molar-refractivity contribution in [2.75, 3.05) is 45.7 Å². The van der Waals surface area contributed by atoms with Crippen molar-refractivity contribution in [2.45, 2.75) is 38.1 Å². The van der Waals surface area contributed by atoms with Gasteiger partial charge in [-0.25, -0.2) is 14.8 Å². The highest BCUT2D eigenvalue weighted by atomic mass is 19.4. The van der Waals surface area contributed by atoms with Crippen molar-refractivity contribution >= 4 is 33.7 Å². The molecule has 0 saturated heterocycles. The molecule has 0 fully saturated rings. The largest absolute Gasteiger partial charge is 0.465 e. The maximum Gasteiger partial charge on any atom is 0.418 e. The van der Waals surface area contributed by atoms with Crippen molar-refractivity contribution in [3.63, 3.8) is 0 Å². The number of methoxy groups -OCH3 is 1. The van der Waals surface area contributed by atoms with Gasteiger partial charge in [-0.15, -0.1) is 0 Å². The van der Waals surface area contributed by atoms with Gasteiger partial charge in [-0.2, -0.15) is 13.2 Å². The van der Waals surface area contributed by atoms with Gasteiger partial charge in [-0.3, -0.25) is 0 Å². The van der Waals surface area contributed by atoms with Crippen molar-refractivity contribution in [1.82, 2.24) is 19.9 Å². The van der Waals surface area contributed by atoms with Crippen LogP contribution in [0.15, 0.2) is 72.8 Å². The summed E-state index contributed by atoms with van der Waals surface area (Å²) < 4.78 is 52.8. The first-order chi connectivity index (χ1) is 22.7. The third kappa shape index (κ3) is 8.64. The van der Waals surface area contributed by atoms with E-state index >= 15 is 0 Å². The minimum Gasteiger partial charge on any atom is -0.465 e. The van der Waals surface area contributed by atoms with E-state index in [9.17, 15) is 18.0 Å². The Hall–Kier alpha value is -4.52. The van der Waals surface area contributed by atoms with Crippen LogP contribution in [0.2, 0.25) is 0 Å². The molecule has 0 aliphatic carbocycles. The van der Waals surface area contributed by atoms with E-state index < -0.39 is 18.2 Å². The summed E-state index contributed by atoms with van der Waals surface area (Å²) in [4.78, 5) is 27.3. The molecular weight excluding hydrogens is 609 g/mol. The highest BCUT2D eigenvalue weighted by Gasteiger charge is 2.42. The number of ether oxygens (including phenoxy) is 2. The molecule has 2 heterocycles. The third-order valence-electron chi connectivity index (χ3n) is 7.84. The minimum absolute atomic E-state index is 0.00469. The zero-order valence-corrected chi connectivity index (χ0v) is 26.4. The Kier molecular flexibility index (Phi) is 11.1. The standard InChI is InChI=1S/C35H39F3N6O3/c1-44(17-7-15-39)18-8-16-40-32-30-27-14-13-26(34(45)46-2)21-28(27)41-33(30)43-29(42-32)20-24-11-6-12-25(19-24)31(35(36,37)38)47-22-23-9-4-3-5-10-23/h3-6,9-14,19,21,31H,7-8,15-18,20,22,39H2,1-2H3,(H2,40,41,42,43). The summed E-state index contributed by atoms with van der Waals surface area (Å²) in [6, 6.07) is 20.2. The monoisotopic (exact) mass is 648 g/mol. The topological polar surface area (TPSA) is 118 Å². The number of anilines is 1. The number of esters is 1. The zero-order valence-electron chi connectivity index (χ0n) is 26.4. The van der Waals surface area contributed by atoms with Gasteiger partial charge in [0.05, 0.1) is 24.7 Å². The lowest BCUT2D eigenvalue weighted by atomic mass is 10.0. The average Bonchev–Trinajstić information content (AvgIpc) is 3.43. The molecule has 4 N–H and O–H groups in total. The number of nitrogens with two attached hydrogens (primary N) is 1. The predicted molar refractivity (Wildman–Crippen MR) is 176 cm³/mol. The highest BCUT2D eigenvalue weighted by Crippen LogP contribution is 2.37. The van der Waals surface area contributed by atoms with Crippen LogP contribution in [0.25, 0.3) is 21.9 Å². The Morgan fingerprint density at radius 3 is 2.51 bits per heavy atom. The van der Waals surface area contributed by atoms with E-state index in [1.165, 1.54) is 19.2 Å². The van der Waals surface area contributed by atoms with Crippen molar-refractivity contribution in [2.24, 2.45) is 5.73 Å². The number of H-pyrrole nitrogens is 1. The fraction of sp³-hybridized carbons (Fsp3) is 0.343. The number of alkyl halides is 3. The van der Waals surface area contributed by atoms with Crippen LogP contribution >= 0.6 is 0 Å². The van der Waals surface area contributed by atoms with Gasteiger partial charge >= 0.3 is 12.1 Å². The number of fused-ring (bicyclic) bond motifs is 3. The van der Waals surface area contributed by atoms with Crippen LogP contribution in [0.4, 0.5) is 19.0 Å². The lowest BCUT2D eigenvalue weighted by Gasteiger charge is -2.22. The molecule has 0 aliphatic rings. The van der Waals surface area contributed by atoms with Crippen molar-refractivity contribution in [1.29, 1.82) is 0 Å². The van der Waals surface area contributed by atoms with E-state index in [1.807, 2.05) is 6.07 Å². The molecular formula is C35H39F3N6O3. The Bertz CT molecular complexity index is 1790. The number of benzene rings is 3. The number of carbonyl (C=O) groups excluding carboxylic acids is 1. The van der Waals surface area contributed by atoms with Crippen LogP contribution < -0.4 is 11.1 Å². The Morgan fingerprint density at radius 2 is 1.77 bits per heavy atom. The minimum atomic E-state index is -4.61. The van der Waals surface area contributed by atoms with Gasteiger partial charge in [0.1, 0.15) is 17.3 Å². The summed E-state index contributed by atoms with van der Waals surface area (Å²) in [5, 5.41) is 5.04. The zero-order chi connectivity index (χ0) is 33.4. The highest BCUT2D eigenvalue weighted by molar-refractivity contribution is 6.12. The van der Waals surface area contributed by atoms with Crippen LogP contribution in [0.3, 0.4) is 0 Å². The predicted octanol–water partition coefficient (Wildman–Crippen LogP) is 6.39. The molecule has 3 aromatic carbocycles. The van der Waals surface area contributed by atoms with Crippen molar-refractivity contribution < 1.29 is 27.4 Å². The second kappa shape index (κ2) is 15.4. The maximum absolute atomic E-state index is 14.2. The van der Waals surface area contributed by atoms with Gasteiger partial charge in [0.25, 0.3) is 0 Å². The summed E-state index contributed by atoms with van der Waals surface area (Å²) in [6.45, 7) is 2.87. The molecule has 5 aromatic rings. The first kappa shape index (κ1) is 33.8. The van der Waals surface area contributed by atoms with E-state index in [2.05, 4.69) is 22.2 Å². The Labute approximate surface area is 271 Å². The van der Waals surface area contributed by atoms with Crippen LogP contribution in [-0.4, -0.2) is 72.3 Å². The first-order valence-electron chi connectivity index (χ1n) is 15.5. The summed E-state index contributed by atoms with van der Waals surface area (Å²) in [7, 11) is 3.38. The second-order valence-electron chi connectivity index (χ2n) is 11.5. The van der Waals surface area contributed by atoms with E-state index in [4.69, 9.17) is 25.2 Å². The summed E-state index contributed by atoms with van der Waals surface area (Å²) in [6.07, 6.45) is -4.74. The Morgan fingerprint density at radius 1 is 1.00 bits per heavy atom. The van der Waals surface area contributed by atoms with Gasteiger partial charge in [0.2, 0.25) is 0 Å². The first-order valence-corrected chi connectivity index (χ1v) is 15.5. The Balaban J connectivity index is 1.43. The van der Waals surface area contributed by atoms with Crippen LogP contribution in [-0.2, 0) is 22.5 Å². The van der Waals surface area contributed by atoms with Crippen molar-refractivity contribution in [3.05, 3.63) is 101 Å². The molecule has 0 aliphatic heterocycles. The number of halogens is 3. The summed E-state index contributed by atoms with van der Waals surface area (Å²) >= 11 is 0.